The van der Waals surface area contributed by atoms with Gasteiger partial charge in [0, 0.05) is 13.0 Å². The van der Waals surface area contributed by atoms with Crippen molar-refractivity contribution in [1.29, 1.82) is 0 Å². The Morgan fingerprint density at radius 1 is 1.05 bits per heavy atom. The van der Waals surface area contributed by atoms with E-state index in [1.54, 1.807) is 18.2 Å². The van der Waals surface area contributed by atoms with Crippen LogP contribution in [0.25, 0.3) is 0 Å². The van der Waals surface area contributed by atoms with E-state index in [1.165, 1.54) is 16.5 Å². The monoisotopic (exact) mass is 312 g/mol. The molecule has 2 aliphatic heterocycles. The number of fused-ring (bicyclic) bond motifs is 2. The zero-order valence-corrected chi connectivity index (χ0v) is 12.5. The average Bonchev–Trinajstić information content (AvgIpc) is 2.77. The van der Waals surface area contributed by atoms with Crippen LogP contribution in [-0.4, -0.2) is 22.0 Å². The van der Waals surface area contributed by atoms with Crippen LogP contribution in [-0.2, 0) is 17.8 Å². The van der Waals surface area contributed by atoms with E-state index in [9.17, 15) is 9.18 Å². The van der Waals surface area contributed by atoms with Crippen molar-refractivity contribution in [3.8, 4) is 0 Å². The van der Waals surface area contributed by atoms with E-state index < -0.39 is 5.82 Å². The van der Waals surface area contributed by atoms with Gasteiger partial charge in [-0.15, -0.1) is 0 Å². The molecule has 22 heavy (non-hydrogen) atoms. The van der Waals surface area contributed by atoms with Crippen LogP contribution >= 0.6 is 12.2 Å². The van der Waals surface area contributed by atoms with E-state index in [0.717, 1.165) is 5.56 Å². The maximum absolute atomic E-state index is 14.1. The highest BCUT2D eigenvalue weighted by atomic mass is 32.1. The van der Waals surface area contributed by atoms with Crippen LogP contribution in [0.4, 0.5) is 10.1 Å². The molecule has 0 aliphatic carbocycles. The molecule has 2 aromatic carbocycles. The topological polar surface area (TPSA) is 23.6 Å². The first-order chi connectivity index (χ1) is 10.7. The number of rotatable bonds is 1. The molecule has 0 aromatic heterocycles. The number of thiocarbonyl (C=S) groups is 1. The molecule has 0 saturated carbocycles. The molecule has 0 bridgehead atoms. The lowest BCUT2D eigenvalue weighted by molar-refractivity contribution is -0.120. The van der Waals surface area contributed by atoms with Crippen molar-refractivity contribution in [2.45, 2.75) is 19.0 Å². The van der Waals surface area contributed by atoms with Crippen molar-refractivity contribution in [3.05, 3.63) is 65.5 Å². The maximum atomic E-state index is 14.1. The van der Waals surface area contributed by atoms with Gasteiger partial charge in [0.25, 0.3) is 5.91 Å². The zero-order chi connectivity index (χ0) is 15.3. The highest BCUT2D eigenvalue weighted by Crippen LogP contribution is 2.33. The fourth-order valence-corrected chi connectivity index (χ4v) is 3.55. The number of hydrogen-bond donors (Lipinski definition) is 0. The van der Waals surface area contributed by atoms with Crippen molar-refractivity contribution in [2.24, 2.45) is 0 Å². The molecule has 1 fully saturated rings. The predicted octanol–water partition coefficient (Wildman–Crippen LogP) is 2.88. The molecule has 2 aliphatic rings. The smallest absolute Gasteiger partial charge is 0.256 e. The minimum atomic E-state index is -0.435. The van der Waals surface area contributed by atoms with E-state index in [4.69, 9.17) is 12.2 Å². The second kappa shape index (κ2) is 4.88. The van der Waals surface area contributed by atoms with Crippen LogP contribution < -0.4 is 4.90 Å². The number of carbonyl (C=O) groups excluding carboxylic acids is 1. The first kappa shape index (κ1) is 13.4. The molecule has 1 saturated heterocycles. The largest absolute Gasteiger partial charge is 0.332 e. The Labute approximate surface area is 133 Å². The van der Waals surface area contributed by atoms with Crippen LogP contribution in [0.5, 0.6) is 0 Å². The van der Waals surface area contributed by atoms with Gasteiger partial charge < -0.3 is 4.90 Å². The Hall–Kier alpha value is -2.27. The van der Waals surface area contributed by atoms with E-state index in [-0.39, 0.29) is 17.6 Å². The number of halogens is 1. The molecule has 0 radical (unpaired) electrons. The van der Waals surface area contributed by atoms with Gasteiger partial charge >= 0.3 is 0 Å². The molecule has 0 N–H and O–H groups in total. The van der Waals surface area contributed by atoms with Crippen molar-refractivity contribution in [1.82, 2.24) is 4.90 Å². The molecule has 0 spiro atoms. The lowest BCUT2D eigenvalue weighted by atomic mass is 9.95. The van der Waals surface area contributed by atoms with Gasteiger partial charge in [-0.2, -0.15) is 0 Å². The van der Waals surface area contributed by atoms with E-state index in [1.807, 2.05) is 29.2 Å². The number of anilines is 1. The summed E-state index contributed by atoms with van der Waals surface area (Å²) in [5.74, 6) is -0.583. The summed E-state index contributed by atoms with van der Waals surface area (Å²) < 4.78 is 14.1. The van der Waals surface area contributed by atoms with Gasteiger partial charge in [0.1, 0.15) is 11.9 Å². The number of hydrogen-bond acceptors (Lipinski definition) is 2. The third-order valence-electron chi connectivity index (χ3n) is 4.28. The summed E-state index contributed by atoms with van der Waals surface area (Å²) in [4.78, 5) is 16.0. The minimum Gasteiger partial charge on any atom is -0.332 e. The van der Waals surface area contributed by atoms with Gasteiger partial charge in [-0.25, -0.2) is 4.39 Å². The summed E-state index contributed by atoms with van der Waals surface area (Å²) >= 11 is 5.45. The molecule has 110 valence electrons. The molecule has 3 nitrogen and oxygen atoms in total. The van der Waals surface area contributed by atoms with Crippen LogP contribution in [0.2, 0.25) is 0 Å². The lowest BCUT2D eigenvalue weighted by Crippen LogP contribution is -2.39. The summed E-state index contributed by atoms with van der Waals surface area (Å²) in [6, 6.07) is 13.9. The van der Waals surface area contributed by atoms with Crippen molar-refractivity contribution in [2.75, 3.05) is 4.90 Å². The highest BCUT2D eigenvalue weighted by molar-refractivity contribution is 7.80. The summed E-state index contributed by atoms with van der Waals surface area (Å²) in [6.07, 6.45) is 0.611. The third-order valence-corrected chi connectivity index (χ3v) is 4.70. The fourth-order valence-electron chi connectivity index (χ4n) is 3.17. The molecule has 4 rings (SSSR count). The fraction of sp³-hybridized carbons (Fsp3) is 0.176. The molecule has 2 aromatic rings. The van der Waals surface area contributed by atoms with Gasteiger partial charge in [-0.3, -0.25) is 9.69 Å². The highest BCUT2D eigenvalue weighted by Gasteiger charge is 2.45. The average molecular weight is 312 g/mol. The second-order valence-corrected chi connectivity index (χ2v) is 5.89. The van der Waals surface area contributed by atoms with Gasteiger partial charge in [0.15, 0.2) is 5.11 Å². The Balaban J connectivity index is 1.75. The maximum Gasteiger partial charge on any atom is 0.256 e. The Kier molecular flexibility index (Phi) is 2.97. The van der Waals surface area contributed by atoms with Gasteiger partial charge in [-0.1, -0.05) is 36.4 Å². The molecular formula is C17H13FN2OS. The van der Waals surface area contributed by atoms with Crippen LogP contribution in [0.3, 0.4) is 0 Å². The second-order valence-electron chi connectivity index (χ2n) is 5.52. The quantitative estimate of drug-likeness (QED) is 0.757. The number of amides is 1. The van der Waals surface area contributed by atoms with E-state index >= 15 is 0 Å². The number of carbonyl (C=O) groups is 1. The Bertz CT molecular complexity index is 749. The summed E-state index contributed by atoms with van der Waals surface area (Å²) in [5, 5.41) is 0.384. The number of nitrogens with zero attached hydrogens (tertiary/aromatic N) is 2. The van der Waals surface area contributed by atoms with E-state index in [2.05, 4.69) is 0 Å². The molecule has 1 amide bonds. The van der Waals surface area contributed by atoms with Crippen LogP contribution in [0, 0.1) is 5.82 Å². The first-order valence-electron chi connectivity index (χ1n) is 7.12. The summed E-state index contributed by atoms with van der Waals surface area (Å²) in [7, 11) is 0. The SMILES string of the molecule is O=C1[C@@H]2Cc3ccccc3CN2C(=S)N1c1ccccc1F. The van der Waals surface area contributed by atoms with E-state index in [0.29, 0.717) is 18.1 Å². The molecule has 2 heterocycles. The lowest BCUT2D eigenvalue weighted by Gasteiger charge is -2.30. The first-order valence-corrected chi connectivity index (χ1v) is 7.53. The molecule has 5 heteroatoms. The third kappa shape index (κ3) is 1.85. The Morgan fingerprint density at radius 2 is 1.73 bits per heavy atom. The van der Waals surface area contributed by atoms with Crippen molar-refractivity contribution >= 4 is 28.9 Å². The van der Waals surface area contributed by atoms with Gasteiger partial charge in [0.2, 0.25) is 0 Å². The van der Waals surface area contributed by atoms with Crippen LogP contribution in [0.1, 0.15) is 11.1 Å². The van der Waals surface area contributed by atoms with Crippen molar-refractivity contribution in [3.63, 3.8) is 0 Å². The predicted molar refractivity (Wildman–Crippen MR) is 86.0 cm³/mol. The van der Waals surface area contributed by atoms with Gasteiger partial charge in [0.05, 0.1) is 5.69 Å². The Morgan fingerprint density at radius 3 is 2.50 bits per heavy atom. The van der Waals surface area contributed by atoms with Crippen LogP contribution in [0.15, 0.2) is 48.5 Å². The minimum absolute atomic E-state index is 0.149. The van der Waals surface area contributed by atoms with Gasteiger partial charge in [-0.05, 0) is 35.5 Å². The summed E-state index contributed by atoms with van der Waals surface area (Å²) in [5.41, 5.74) is 2.57. The molecule has 1 atom stereocenters. The standard InChI is InChI=1S/C17H13FN2OS/c18-13-7-3-4-8-14(13)20-16(21)15-9-11-5-1-2-6-12(11)10-19(15)17(20)22/h1-8,15H,9-10H2/t15-/m0/s1. The number of benzene rings is 2. The molecular weight excluding hydrogens is 299 g/mol. The zero-order valence-electron chi connectivity index (χ0n) is 11.7. The normalized spacial score (nSPS) is 20.1. The summed E-state index contributed by atoms with van der Waals surface area (Å²) in [6.45, 7) is 0.594. The van der Waals surface area contributed by atoms with Crippen molar-refractivity contribution < 1.29 is 9.18 Å². The molecule has 0 unspecified atom stereocenters. The number of para-hydroxylation sites is 1.